The number of ether oxygens (including phenoxy) is 1. The van der Waals surface area contributed by atoms with E-state index in [0.29, 0.717) is 25.7 Å². The van der Waals surface area contributed by atoms with Gasteiger partial charge in [-0.05, 0) is 18.2 Å². The highest BCUT2D eigenvalue weighted by atomic mass is 16.5. The minimum atomic E-state index is 0.573. The van der Waals surface area contributed by atoms with Gasteiger partial charge < -0.3 is 15.0 Å². The van der Waals surface area contributed by atoms with Crippen LogP contribution in [0.3, 0.4) is 0 Å². The lowest BCUT2D eigenvalue weighted by molar-refractivity contribution is 0.122. The molecule has 0 bridgehead atoms. The van der Waals surface area contributed by atoms with Crippen molar-refractivity contribution >= 4 is 22.7 Å². The van der Waals surface area contributed by atoms with Crippen LogP contribution >= 0.6 is 0 Å². The Labute approximate surface area is 167 Å². The van der Waals surface area contributed by atoms with Crippen LogP contribution in [0.5, 0.6) is 0 Å². The highest BCUT2D eigenvalue weighted by molar-refractivity contribution is 5.87. The number of nitrogens with one attached hydrogen (secondary N) is 1. The molecular formula is C20H20N8O. The summed E-state index contributed by atoms with van der Waals surface area (Å²) in [5, 5.41) is 8.69. The van der Waals surface area contributed by atoms with E-state index < -0.39 is 0 Å². The van der Waals surface area contributed by atoms with Crippen molar-refractivity contribution in [3.63, 3.8) is 0 Å². The molecule has 29 heavy (non-hydrogen) atoms. The quantitative estimate of drug-likeness (QED) is 0.555. The third-order valence-corrected chi connectivity index (χ3v) is 4.77. The summed E-state index contributed by atoms with van der Waals surface area (Å²) in [7, 11) is 0. The molecule has 146 valence electrons. The number of nitrogens with zero attached hydrogens (tertiary/aromatic N) is 7. The molecule has 1 N–H and O–H groups in total. The van der Waals surface area contributed by atoms with Crippen LogP contribution in [0.4, 0.5) is 11.8 Å². The van der Waals surface area contributed by atoms with Crippen LogP contribution in [0.15, 0.2) is 55.2 Å². The van der Waals surface area contributed by atoms with E-state index in [4.69, 9.17) is 9.72 Å². The molecule has 0 atom stereocenters. The van der Waals surface area contributed by atoms with Gasteiger partial charge in [-0.15, -0.1) is 0 Å². The van der Waals surface area contributed by atoms with Crippen molar-refractivity contribution in [3.8, 4) is 5.82 Å². The number of hydrogen-bond acceptors (Lipinski definition) is 8. The second kappa shape index (κ2) is 7.80. The molecule has 1 aliphatic rings. The maximum Gasteiger partial charge on any atom is 0.222 e. The standard InChI is InChI=1S/C20H20N8O/c1-3-16-17(21-4-1)11-18(27-7-9-29-10-8-27)26-19(16)28-14-15(13-25-28)12-24-20-22-5-2-6-23-20/h1-6,11,13-14H,7-10,12H2,(H,22,23,24). The average molecular weight is 388 g/mol. The molecule has 1 saturated heterocycles. The summed E-state index contributed by atoms with van der Waals surface area (Å²) in [6.07, 6.45) is 9.00. The monoisotopic (exact) mass is 388 g/mol. The van der Waals surface area contributed by atoms with Crippen LogP contribution in [0, 0.1) is 0 Å². The molecule has 0 aromatic carbocycles. The smallest absolute Gasteiger partial charge is 0.222 e. The van der Waals surface area contributed by atoms with E-state index in [1.807, 2.05) is 30.6 Å². The maximum atomic E-state index is 5.47. The third kappa shape index (κ3) is 3.72. The molecule has 0 spiro atoms. The van der Waals surface area contributed by atoms with E-state index in [9.17, 15) is 0 Å². The normalized spacial score (nSPS) is 14.3. The lowest BCUT2D eigenvalue weighted by Crippen LogP contribution is -2.36. The molecule has 0 radical (unpaired) electrons. The predicted octanol–water partition coefficient (Wildman–Crippen LogP) is 2.05. The van der Waals surface area contributed by atoms with E-state index in [2.05, 4.69) is 30.3 Å². The van der Waals surface area contributed by atoms with Gasteiger partial charge >= 0.3 is 0 Å². The summed E-state index contributed by atoms with van der Waals surface area (Å²) in [5.74, 6) is 2.24. The number of rotatable bonds is 5. The minimum Gasteiger partial charge on any atom is -0.378 e. The SMILES string of the molecule is c1cnc(NCc2cnn(-c3nc(N4CCOCC4)cc4ncccc34)c2)nc1. The zero-order valence-corrected chi connectivity index (χ0v) is 15.8. The highest BCUT2D eigenvalue weighted by Crippen LogP contribution is 2.25. The number of anilines is 2. The van der Waals surface area contributed by atoms with Gasteiger partial charge in [-0.1, -0.05) is 0 Å². The van der Waals surface area contributed by atoms with E-state index >= 15 is 0 Å². The van der Waals surface area contributed by atoms with E-state index in [1.165, 1.54) is 0 Å². The first-order valence-electron chi connectivity index (χ1n) is 9.50. The van der Waals surface area contributed by atoms with Crippen LogP contribution in [-0.4, -0.2) is 56.0 Å². The van der Waals surface area contributed by atoms with Gasteiger partial charge in [-0.3, -0.25) is 4.98 Å². The number of pyridine rings is 2. The molecule has 5 rings (SSSR count). The first-order valence-corrected chi connectivity index (χ1v) is 9.50. The Bertz CT molecular complexity index is 1110. The molecule has 0 aliphatic carbocycles. The largest absolute Gasteiger partial charge is 0.378 e. The molecule has 4 aromatic heterocycles. The zero-order chi connectivity index (χ0) is 19.5. The van der Waals surface area contributed by atoms with E-state index in [0.717, 1.165) is 41.2 Å². The van der Waals surface area contributed by atoms with Gasteiger partial charge in [0.2, 0.25) is 5.95 Å². The Hall–Kier alpha value is -3.59. The Morgan fingerprint density at radius 3 is 2.72 bits per heavy atom. The fourth-order valence-corrected chi connectivity index (χ4v) is 3.31. The summed E-state index contributed by atoms with van der Waals surface area (Å²) in [6.45, 7) is 3.61. The number of morpholine rings is 1. The van der Waals surface area contributed by atoms with Gasteiger partial charge in [0, 0.05) is 61.4 Å². The summed E-state index contributed by atoms with van der Waals surface area (Å²) < 4.78 is 7.27. The highest BCUT2D eigenvalue weighted by Gasteiger charge is 2.17. The van der Waals surface area contributed by atoms with E-state index in [1.54, 1.807) is 29.3 Å². The van der Waals surface area contributed by atoms with Gasteiger partial charge in [0.25, 0.3) is 0 Å². The van der Waals surface area contributed by atoms with Gasteiger partial charge in [0.1, 0.15) is 5.82 Å². The lowest BCUT2D eigenvalue weighted by atomic mass is 10.2. The van der Waals surface area contributed by atoms with Crippen molar-refractivity contribution in [1.82, 2.24) is 29.7 Å². The first kappa shape index (κ1) is 17.5. The van der Waals surface area contributed by atoms with Crippen LogP contribution in [-0.2, 0) is 11.3 Å². The summed E-state index contributed by atoms with van der Waals surface area (Å²) in [4.78, 5) is 20.0. The second-order valence-electron chi connectivity index (χ2n) is 6.69. The van der Waals surface area contributed by atoms with Crippen LogP contribution < -0.4 is 10.2 Å². The van der Waals surface area contributed by atoms with Crippen molar-refractivity contribution in [2.24, 2.45) is 0 Å². The first-order chi connectivity index (χ1) is 14.4. The average Bonchev–Trinajstić information content (AvgIpc) is 3.27. The molecule has 5 heterocycles. The molecule has 0 saturated carbocycles. The topological polar surface area (TPSA) is 93.9 Å². The fourth-order valence-electron chi connectivity index (χ4n) is 3.31. The predicted molar refractivity (Wildman–Crippen MR) is 109 cm³/mol. The van der Waals surface area contributed by atoms with Crippen molar-refractivity contribution in [2.45, 2.75) is 6.54 Å². The molecule has 1 fully saturated rings. The van der Waals surface area contributed by atoms with Crippen LogP contribution in [0.1, 0.15) is 5.56 Å². The number of aromatic nitrogens is 6. The van der Waals surface area contributed by atoms with Crippen molar-refractivity contribution in [3.05, 3.63) is 60.8 Å². The summed E-state index contributed by atoms with van der Waals surface area (Å²) >= 11 is 0. The van der Waals surface area contributed by atoms with Crippen molar-refractivity contribution in [1.29, 1.82) is 0 Å². The summed E-state index contributed by atoms with van der Waals surface area (Å²) in [5.41, 5.74) is 1.90. The third-order valence-electron chi connectivity index (χ3n) is 4.77. The molecule has 0 unspecified atom stereocenters. The molecule has 9 nitrogen and oxygen atoms in total. The Balaban J connectivity index is 1.46. The molecule has 0 amide bonds. The van der Waals surface area contributed by atoms with Gasteiger partial charge in [-0.25, -0.2) is 19.6 Å². The van der Waals surface area contributed by atoms with Crippen molar-refractivity contribution < 1.29 is 4.74 Å². The Morgan fingerprint density at radius 1 is 1.03 bits per heavy atom. The van der Waals surface area contributed by atoms with Gasteiger partial charge in [0.05, 0.1) is 24.9 Å². The van der Waals surface area contributed by atoms with Crippen LogP contribution in [0.25, 0.3) is 16.7 Å². The zero-order valence-electron chi connectivity index (χ0n) is 15.8. The molecular weight excluding hydrogens is 368 g/mol. The van der Waals surface area contributed by atoms with Crippen molar-refractivity contribution in [2.75, 3.05) is 36.5 Å². The molecule has 1 aliphatic heterocycles. The fraction of sp³-hybridized carbons (Fsp3) is 0.250. The van der Waals surface area contributed by atoms with Gasteiger partial charge in [-0.2, -0.15) is 5.10 Å². The maximum absolute atomic E-state index is 5.47. The second-order valence-corrected chi connectivity index (χ2v) is 6.69. The lowest BCUT2D eigenvalue weighted by Gasteiger charge is -2.28. The van der Waals surface area contributed by atoms with Gasteiger partial charge in [0.15, 0.2) is 5.82 Å². The number of fused-ring (bicyclic) bond motifs is 1. The Kier molecular flexibility index (Phi) is 4.71. The van der Waals surface area contributed by atoms with E-state index in [-0.39, 0.29) is 0 Å². The molecule has 9 heteroatoms. The van der Waals surface area contributed by atoms with Crippen LogP contribution in [0.2, 0.25) is 0 Å². The molecule has 4 aromatic rings. The summed E-state index contributed by atoms with van der Waals surface area (Å²) in [6, 6.07) is 7.75. The Morgan fingerprint density at radius 2 is 1.86 bits per heavy atom. The minimum absolute atomic E-state index is 0.573. The number of hydrogen-bond donors (Lipinski definition) is 1.